The topological polar surface area (TPSA) is 55.8 Å². The molecule has 0 amide bonds. The van der Waals surface area contributed by atoms with E-state index in [9.17, 15) is 9.59 Å². The highest BCUT2D eigenvalue weighted by molar-refractivity contribution is 5.90. The SMILES string of the molecule is COC(=O)c1ccc(OC(=O)C(C)C)c(C(CCN(C(C)C)C(C)C)c2ccccc2)c1. The van der Waals surface area contributed by atoms with Gasteiger partial charge >= 0.3 is 11.9 Å². The van der Waals surface area contributed by atoms with Gasteiger partial charge in [0.05, 0.1) is 18.6 Å². The van der Waals surface area contributed by atoms with Crippen LogP contribution in [0.2, 0.25) is 0 Å². The zero-order chi connectivity index (χ0) is 23.8. The van der Waals surface area contributed by atoms with E-state index in [1.165, 1.54) is 7.11 Å². The van der Waals surface area contributed by atoms with Crippen LogP contribution in [0.5, 0.6) is 5.75 Å². The summed E-state index contributed by atoms with van der Waals surface area (Å²) in [5.41, 5.74) is 2.38. The van der Waals surface area contributed by atoms with Crippen LogP contribution in [0.4, 0.5) is 0 Å². The van der Waals surface area contributed by atoms with E-state index < -0.39 is 5.97 Å². The van der Waals surface area contributed by atoms with Crippen LogP contribution in [0.1, 0.15) is 75.4 Å². The van der Waals surface area contributed by atoms with Gasteiger partial charge in [0.25, 0.3) is 0 Å². The minimum atomic E-state index is -0.411. The van der Waals surface area contributed by atoms with Crippen molar-refractivity contribution < 1.29 is 19.1 Å². The molecule has 0 aliphatic rings. The Morgan fingerprint density at radius 3 is 2.06 bits per heavy atom. The molecule has 1 atom stereocenters. The van der Waals surface area contributed by atoms with Crippen molar-refractivity contribution in [2.45, 2.75) is 66.0 Å². The quantitative estimate of drug-likeness (QED) is 0.352. The molecule has 0 N–H and O–H groups in total. The van der Waals surface area contributed by atoms with Gasteiger partial charge in [-0.1, -0.05) is 44.2 Å². The van der Waals surface area contributed by atoms with Crippen LogP contribution in [-0.4, -0.2) is 42.6 Å². The molecule has 0 radical (unpaired) electrons. The van der Waals surface area contributed by atoms with Crippen molar-refractivity contribution >= 4 is 11.9 Å². The Bertz CT molecular complexity index is 882. The van der Waals surface area contributed by atoms with Crippen molar-refractivity contribution in [1.82, 2.24) is 4.90 Å². The van der Waals surface area contributed by atoms with Crippen LogP contribution in [0.15, 0.2) is 48.5 Å². The smallest absolute Gasteiger partial charge is 0.337 e. The average Bonchev–Trinajstić information content (AvgIpc) is 2.76. The monoisotopic (exact) mass is 439 g/mol. The van der Waals surface area contributed by atoms with Crippen LogP contribution in [0.25, 0.3) is 0 Å². The number of nitrogens with zero attached hydrogens (tertiary/aromatic N) is 1. The molecule has 0 fully saturated rings. The van der Waals surface area contributed by atoms with Crippen LogP contribution in [-0.2, 0) is 9.53 Å². The molecular formula is C27H37NO4. The van der Waals surface area contributed by atoms with Crippen LogP contribution >= 0.6 is 0 Å². The molecule has 2 rings (SSSR count). The second-order valence-electron chi connectivity index (χ2n) is 9.00. The normalized spacial score (nSPS) is 12.5. The van der Waals surface area contributed by atoms with Crippen molar-refractivity contribution in [3.8, 4) is 5.75 Å². The van der Waals surface area contributed by atoms with Gasteiger partial charge in [-0.2, -0.15) is 0 Å². The predicted octanol–water partition coefficient (Wildman–Crippen LogP) is 5.68. The maximum absolute atomic E-state index is 12.4. The van der Waals surface area contributed by atoms with Crippen molar-refractivity contribution in [3.63, 3.8) is 0 Å². The summed E-state index contributed by atoms with van der Waals surface area (Å²) in [6, 6.07) is 16.1. The molecular weight excluding hydrogens is 402 g/mol. The first-order chi connectivity index (χ1) is 15.1. The zero-order valence-corrected chi connectivity index (χ0v) is 20.4. The molecule has 2 aromatic carbocycles. The Kier molecular flexibility index (Phi) is 9.45. The van der Waals surface area contributed by atoms with Crippen molar-refractivity contribution in [2.24, 2.45) is 5.92 Å². The van der Waals surface area contributed by atoms with Gasteiger partial charge < -0.3 is 9.47 Å². The van der Waals surface area contributed by atoms with Gasteiger partial charge in [-0.25, -0.2) is 4.79 Å². The molecule has 0 aromatic heterocycles. The molecule has 174 valence electrons. The fourth-order valence-electron chi connectivity index (χ4n) is 3.96. The fraction of sp³-hybridized carbons (Fsp3) is 0.481. The van der Waals surface area contributed by atoms with Crippen molar-refractivity contribution in [1.29, 1.82) is 0 Å². The van der Waals surface area contributed by atoms with Crippen LogP contribution in [0.3, 0.4) is 0 Å². The lowest BCUT2D eigenvalue weighted by atomic mass is 9.86. The van der Waals surface area contributed by atoms with Crippen molar-refractivity contribution in [3.05, 3.63) is 65.2 Å². The first-order valence-electron chi connectivity index (χ1n) is 11.4. The summed E-state index contributed by atoms with van der Waals surface area (Å²) in [6.07, 6.45) is 0.817. The second-order valence-corrected chi connectivity index (χ2v) is 9.00. The minimum Gasteiger partial charge on any atom is -0.465 e. The largest absolute Gasteiger partial charge is 0.465 e. The lowest BCUT2D eigenvalue weighted by Crippen LogP contribution is -2.38. The highest BCUT2D eigenvalue weighted by Gasteiger charge is 2.25. The third-order valence-electron chi connectivity index (χ3n) is 5.69. The van der Waals surface area contributed by atoms with Gasteiger partial charge in [0.1, 0.15) is 5.75 Å². The molecule has 32 heavy (non-hydrogen) atoms. The number of ether oxygens (including phenoxy) is 2. The Hall–Kier alpha value is -2.66. The van der Waals surface area contributed by atoms with Gasteiger partial charge in [0.15, 0.2) is 0 Å². The highest BCUT2D eigenvalue weighted by atomic mass is 16.5. The molecule has 0 aliphatic carbocycles. The van der Waals surface area contributed by atoms with E-state index in [0.29, 0.717) is 23.4 Å². The van der Waals surface area contributed by atoms with E-state index in [1.54, 1.807) is 12.1 Å². The van der Waals surface area contributed by atoms with Gasteiger partial charge in [0.2, 0.25) is 0 Å². The molecule has 1 unspecified atom stereocenters. The first-order valence-corrected chi connectivity index (χ1v) is 11.4. The summed E-state index contributed by atoms with van der Waals surface area (Å²) < 4.78 is 10.7. The summed E-state index contributed by atoms with van der Waals surface area (Å²) in [4.78, 5) is 27.1. The molecule has 5 nitrogen and oxygen atoms in total. The average molecular weight is 440 g/mol. The Labute approximate surface area is 192 Å². The molecule has 2 aromatic rings. The maximum Gasteiger partial charge on any atom is 0.337 e. The van der Waals surface area contributed by atoms with Gasteiger partial charge in [-0.15, -0.1) is 0 Å². The van der Waals surface area contributed by atoms with E-state index in [2.05, 4.69) is 44.7 Å². The van der Waals surface area contributed by atoms with E-state index >= 15 is 0 Å². The minimum absolute atomic E-state index is 0.0456. The number of carbonyl (C=O) groups excluding carboxylic acids is 2. The summed E-state index contributed by atoms with van der Waals surface area (Å²) in [6.45, 7) is 13.3. The summed E-state index contributed by atoms with van der Waals surface area (Å²) >= 11 is 0. The van der Waals surface area contributed by atoms with Gasteiger partial charge in [0, 0.05) is 23.6 Å². The number of rotatable bonds is 10. The third kappa shape index (κ3) is 6.67. The Balaban J connectivity index is 2.56. The van der Waals surface area contributed by atoms with Gasteiger partial charge in [-0.3, -0.25) is 9.69 Å². The third-order valence-corrected chi connectivity index (χ3v) is 5.69. The molecule has 0 bridgehead atoms. The predicted molar refractivity (Wildman–Crippen MR) is 128 cm³/mol. The van der Waals surface area contributed by atoms with E-state index in [1.807, 2.05) is 38.1 Å². The lowest BCUT2D eigenvalue weighted by Gasteiger charge is -2.32. The van der Waals surface area contributed by atoms with E-state index in [4.69, 9.17) is 9.47 Å². The van der Waals surface area contributed by atoms with E-state index in [0.717, 1.165) is 24.1 Å². The molecule has 0 aliphatic heterocycles. The second kappa shape index (κ2) is 11.8. The van der Waals surface area contributed by atoms with Crippen LogP contribution in [0, 0.1) is 5.92 Å². The number of benzene rings is 2. The summed E-state index contributed by atoms with van der Waals surface area (Å²) in [5, 5.41) is 0. The molecule has 0 saturated heterocycles. The zero-order valence-electron chi connectivity index (χ0n) is 20.4. The Morgan fingerprint density at radius 1 is 0.906 bits per heavy atom. The first kappa shape index (κ1) is 25.6. The lowest BCUT2D eigenvalue weighted by molar-refractivity contribution is -0.137. The van der Waals surface area contributed by atoms with Gasteiger partial charge in [-0.05, 0) is 64.4 Å². The van der Waals surface area contributed by atoms with E-state index in [-0.39, 0.29) is 17.8 Å². The summed E-state index contributed by atoms with van der Waals surface area (Å²) in [5.74, 6) is -0.516. The number of methoxy groups -OCH3 is 1. The van der Waals surface area contributed by atoms with Crippen LogP contribution < -0.4 is 4.74 Å². The summed E-state index contributed by atoms with van der Waals surface area (Å²) in [7, 11) is 1.37. The number of hydrogen-bond donors (Lipinski definition) is 0. The highest BCUT2D eigenvalue weighted by Crippen LogP contribution is 2.36. The molecule has 0 heterocycles. The van der Waals surface area contributed by atoms with Crippen molar-refractivity contribution in [2.75, 3.05) is 13.7 Å². The number of carbonyl (C=O) groups is 2. The fourth-order valence-corrected chi connectivity index (χ4v) is 3.96. The molecule has 0 spiro atoms. The number of hydrogen-bond acceptors (Lipinski definition) is 5. The Morgan fingerprint density at radius 2 is 1.53 bits per heavy atom. The number of esters is 2. The maximum atomic E-state index is 12.4. The molecule has 5 heteroatoms. The standard InChI is InChI=1S/C27H37NO4/c1-18(2)26(29)32-25-14-13-22(27(30)31-7)17-24(25)23(21-11-9-8-10-12-21)15-16-28(19(3)4)20(5)6/h8-14,17-20,23H,15-16H2,1-7H3. The molecule has 0 saturated carbocycles.